The fourth-order valence-corrected chi connectivity index (χ4v) is 3.14. The van der Waals surface area contributed by atoms with Crippen molar-refractivity contribution >= 4 is 24.0 Å². The van der Waals surface area contributed by atoms with Gasteiger partial charge in [0.2, 0.25) is 0 Å². The lowest BCUT2D eigenvalue weighted by atomic mass is 10.1. The minimum Gasteiger partial charge on any atom is -0.320 e. The molecule has 1 amide bonds. The van der Waals surface area contributed by atoms with Crippen LogP contribution in [-0.4, -0.2) is 54.2 Å². The number of carbonyl (C=O) groups is 1. The van der Waals surface area contributed by atoms with E-state index in [0.29, 0.717) is 11.4 Å². The fraction of sp³-hybridized carbons (Fsp3) is 0.375. The number of hydrogen-bond acceptors (Lipinski definition) is 7. The zero-order valence-electron chi connectivity index (χ0n) is 14.7. The van der Waals surface area contributed by atoms with Gasteiger partial charge in [0, 0.05) is 5.69 Å². The van der Waals surface area contributed by atoms with Gasteiger partial charge >= 0.3 is 0 Å². The van der Waals surface area contributed by atoms with Gasteiger partial charge in [-0.25, -0.2) is 9.36 Å². The van der Waals surface area contributed by atoms with E-state index in [1.807, 2.05) is 23.7 Å². The lowest BCUT2D eigenvalue weighted by Gasteiger charge is -2.23. The molecule has 10 nitrogen and oxygen atoms in total. The molecule has 142 valence electrons. The maximum atomic E-state index is 12.6. The van der Waals surface area contributed by atoms with Gasteiger partial charge in [-0.1, -0.05) is 11.3 Å². The number of halogens is 1. The number of amides is 1. The van der Waals surface area contributed by atoms with E-state index in [1.165, 1.54) is 11.0 Å². The van der Waals surface area contributed by atoms with Crippen molar-refractivity contribution in [2.75, 3.05) is 18.4 Å². The monoisotopic (exact) mass is 389 g/mol. The Labute approximate surface area is 161 Å². The molecule has 1 aromatic carbocycles. The Morgan fingerprint density at radius 3 is 2.81 bits per heavy atom. The van der Waals surface area contributed by atoms with Crippen LogP contribution in [-0.2, 0) is 0 Å². The summed E-state index contributed by atoms with van der Waals surface area (Å²) in [7, 11) is 0. The third kappa shape index (κ3) is 3.96. The van der Waals surface area contributed by atoms with Crippen LogP contribution in [0.5, 0.6) is 0 Å². The molecular weight excluding hydrogens is 370 g/mol. The van der Waals surface area contributed by atoms with Crippen molar-refractivity contribution in [3.8, 4) is 5.69 Å². The molecule has 3 heterocycles. The van der Waals surface area contributed by atoms with Gasteiger partial charge < -0.3 is 10.6 Å². The Bertz CT molecular complexity index is 903. The number of nitrogens with zero attached hydrogens (tertiary/aromatic N) is 7. The van der Waals surface area contributed by atoms with Gasteiger partial charge in [-0.2, -0.15) is 0 Å². The highest BCUT2D eigenvalue weighted by molar-refractivity contribution is 6.03. The summed E-state index contributed by atoms with van der Waals surface area (Å²) in [6, 6.07) is 7.56. The van der Waals surface area contributed by atoms with E-state index in [0.717, 1.165) is 37.3 Å². The van der Waals surface area contributed by atoms with Gasteiger partial charge in [0.15, 0.2) is 5.69 Å². The average molecular weight is 390 g/mol. The Morgan fingerprint density at radius 2 is 2.07 bits per heavy atom. The number of tetrazole rings is 1. The first-order valence-electron chi connectivity index (χ1n) is 8.49. The maximum absolute atomic E-state index is 12.6. The molecule has 0 aliphatic carbocycles. The summed E-state index contributed by atoms with van der Waals surface area (Å²) >= 11 is 0. The highest BCUT2D eigenvalue weighted by Crippen LogP contribution is 2.21. The lowest BCUT2D eigenvalue weighted by molar-refractivity contribution is 0.102. The summed E-state index contributed by atoms with van der Waals surface area (Å²) in [6.07, 6.45) is 3.47. The molecule has 0 bridgehead atoms. The molecule has 0 atom stereocenters. The number of piperidine rings is 1. The van der Waals surface area contributed by atoms with Crippen LogP contribution in [0.25, 0.3) is 5.69 Å². The predicted octanol–water partition coefficient (Wildman–Crippen LogP) is 1.16. The van der Waals surface area contributed by atoms with E-state index in [9.17, 15) is 4.79 Å². The van der Waals surface area contributed by atoms with E-state index in [1.54, 1.807) is 12.1 Å². The van der Waals surface area contributed by atoms with E-state index in [4.69, 9.17) is 0 Å². The molecule has 0 unspecified atom stereocenters. The molecule has 0 radical (unpaired) electrons. The number of benzene rings is 1. The van der Waals surface area contributed by atoms with E-state index >= 15 is 0 Å². The molecule has 0 saturated carbocycles. The average Bonchev–Trinajstić information content (AvgIpc) is 3.32. The van der Waals surface area contributed by atoms with Crippen molar-refractivity contribution in [2.24, 2.45) is 0 Å². The Hall–Kier alpha value is -2.85. The number of hydrogen-bond donors (Lipinski definition) is 2. The molecule has 1 fully saturated rings. The zero-order chi connectivity index (χ0) is 17.9. The van der Waals surface area contributed by atoms with E-state index in [2.05, 4.69) is 36.5 Å². The topological polar surface area (TPSA) is 115 Å². The predicted molar refractivity (Wildman–Crippen MR) is 100 cm³/mol. The van der Waals surface area contributed by atoms with E-state index < -0.39 is 0 Å². The number of carbonyl (C=O) groups excluding carboxylic acids is 1. The van der Waals surface area contributed by atoms with Gasteiger partial charge in [-0.05, 0) is 61.5 Å². The molecule has 11 heteroatoms. The minimum absolute atomic E-state index is 0. The first-order chi connectivity index (χ1) is 12.7. The lowest BCUT2D eigenvalue weighted by Crippen LogP contribution is -2.30. The SMILES string of the molecule is Cc1c(C(=O)Nc2cccc(-n3cnnn3)c2)nnn1C1CCNCC1.Cl. The van der Waals surface area contributed by atoms with Crippen molar-refractivity contribution in [1.82, 2.24) is 40.5 Å². The molecule has 27 heavy (non-hydrogen) atoms. The Balaban J connectivity index is 0.00000210. The Morgan fingerprint density at radius 1 is 1.26 bits per heavy atom. The van der Waals surface area contributed by atoms with Gasteiger partial charge in [-0.3, -0.25) is 4.79 Å². The fourth-order valence-electron chi connectivity index (χ4n) is 3.14. The van der Waals surface area contributed by atoms with Gasteiger partial charge in [0.05, 0.1) is 17.4 Å². The molecule has 2 N–H and O–H groups in total. The van der Waals surface area contributed by atoms with Crippen LogP contribution < -0.4 is 10.6 Å². The Kier molecular flexibility index (Phi) is 5.77. The van der Waals surface area contributed by atoms with Crippen LogP contribution in [0.1, 0.15) is 35.1 Å². The van der Waals surface area contributed by atoms with Crippen molar-refractivity contribution < 1.29 is 4.79 Å². The summed E-state index contributed by atoms with van der Waals surface area (Å²) in [5.74, 6) is -0.281. The largest absolute Gasteiger partial charge is 0.320 e. The molecule has 1 aliphatic heterocycles. The first kappa shape index (κ1) is 18.9. The quantitative estimate of drug-likeness (QED) is 0.687. The highest BCUT2D eigenvalue weighted by atomic mass is 35.5. The summed E-state index contributed by atoms with van der Waals surface area (Å²) in [4.78, 5) is 12.6. The second-order valence-electron chi connectivity index (χ2n) is 6.21. The molecule has 4 rings (SSSR count). The van der Waals surface area contributed by atoms with Crippen LogP contribution in [0.2, 0.25) is 0 Å². The van der Waals surface area contributed by atoms with Crippen molar-refractivity contribution in [3.05, 3.63) is 42.0 Å². The second-order valence-corrected chi connectivity index (χ2v) is 6.21. The van der Waals surface area contributed by atoms with Crippen molar-refractivity contribution in [1.29, 1.82) is 0 Å². The number of aromatic nitrogens is 7. The summed E-state index contributed by atoms with van der Waals surface area (Å²) < 4.78 is 3.39. The maximum Gasteiger partial charge on any atom is 0.278 e. The number of nitrogens with one attached hydrogen (secondary N) is 2. The number of anilines is 1. The standard InChI is InChI=1S/C16H19N9O.ClH/c1-11-15(20-22-25(11)13-5-7-17-8-6-13)16(26)19-12-3-2-4-14(9-12)24-10-18-21-23-24;/h2-4,9-10,13,17H,5-8H2,1H3,(H,19,26);1H. The van der Waals surface area contributed by atoms with Crippen molar-refractivity contribution in [3.63, 3.8) is 0 Å². The summed E-state index contributed by atoms with van der Waals surface area (Å²) in [5, 5.41) is 25.6. The van der Waals surface area contributed by atoms with Gasteiger partial charge in [0.1, 0.15) is 6.33 Å². The first-order valence-corrected chi connectivity index (χ1v) is 8.49. The molecule has 3 aromatic rings. The van der Waals surface area contributed by atoms with Crippen LogP contribution >= 0.6 is 12.4 Å². The highest BCUT2D eigenvalue weighted by Gasteiger charge is 2.23. The van der Waals surface area contributed by atoms with Crippen LogP contribution in [0.3, 0.4) is 0 Å². The molecule has 2 aromatic heterocycles. The summed E-state index contributed by atoms with van der Waals surface area (Å²) in [5.41, 5.74) is 2.52. The van der Waals surface area contributed by atoms with Gasteiger partial charge in [-0.15, -0.1) is 22.6 Å². The van der Waals surface area contributed by atoms with E-state index in [-0.39, 0.29) is 24.4 Å². The van der Waals surface area contributed by atoms with Crippen LogP contribution in [0, 0.1) is 6.92 Å². The minimum atomic E-state index is -0.281. The third-order valence-electron chi connectivity index (χ3n) is 4.51. The van der Waals surface area contributed by atoms with Crippen LogP contribution in [0.4, 0.5) is 5.69 Å². The molecule has 1 aliphatic rings. The third-order valence-corrected chi connectivity index (χ3v) is 4.51. The summed E-state index contributed by atoms with van der Waals surface area (Å²) in [6.45, 7) is 3.79. The van der Waals surface area contributed by atoms with Crippen LogP contribution in [0.15, 0.2) is 30.6 Å². The molecule has 0 spiro atoms. The second kappa shape index (κ2) is 8.23. The normalized spacial score (nSPS) is 14.6. The van der Waals surface area contributed by atoms with Gasteiger partial charge in [0.25, 0.3) is 5.91 Å². The smallest absolute Gasteiger partial charge is 0.278 e. The number of rotatable bonds is 4. The molecule has 1 saturated heterocycles. The zero-order valence-corrected chi connectivity index (χ0v) is 15.6. The molecular formula is C16H20ClN9O. The van der Waals surface area contributed by atoms with Crippen molar-refractivity contribution in [2.45, 2.75) is 25.8 Å².